The molecule has 0 spiro atoms. The maximum Gasteiger partial charge on any atom is 0.326 e. The lowest BCUT2D eigenvalue weighted by molar-refractivity contribution is -0.142. The van der Waals surface area contributed by atoms with E-state index in [1.54, 1.807) is 30.3 Å². The van der Waals surface area contributed by atoms with Gasteiger partial charge in [-0.3, -0.25) is 9.59 Å². The number of carbonyl (C=O) groups excluding carboxylic acids is 2. The van der Waals surface area contributed by atoms with Crippen molar-refractivity contribution >= 4 is 17.8 Å². The van der Waals surface area contributed by atoms with Crippen molar-refractivity contribution in [2.24, 2.45) is 5.73 Å². The number of H-pyrrole nitrogens is 1. The van der Waals surface area contributed by atoms with Crippen LogP contribution in [0, 0.1) is 0 Å². The van der Waals surface area contributed by atoms with E-state index < -0.39 is 42.0 Å². The first-order valence-electron chi connectivity index (χ1n) is 9.06. The van der Waals surface area contributed by atoms with Crippen LogP contribution >= 0.6 is 0 Å². The minimum atomic E-state index is -1.35. The lowest BCUT2D eigenvalue weighted by atomic mass is 10.0. The first kappa shape index (κ1) is 22.1. The fourth-order valence-corrected chi connectivity index (χ4v) is 2.70. The van der Waals surface area contributed by atoms with Crippen LogP contribution in [-0.2, 0) is 27.2 Å². The summed E-state index contributed by atoms with van der Waals surface area (Å²) in [6.07, 6.45) is 1.93. The number of nitrogens with two attached hydrogens (primary N) is 1. The second kappa shape index (κ2) is 10.3. The Morgan fingerprint density at radius 1 is 1.14 bits per heavy atom. The van der Waals surface area contributed by atoms with E-state index >= 15 is 0 Å². The molecule has 0 fully saturated rings. The molecular weight excluding hydrogens is 378 g/mol. The predicted molar refractivity (Wildman–Crippen MR) is 104 cm³/mol. The van der Waals surface area contributed by atoms with Crippen molar-refractivity contribution in [1.82, 2.24) is 20.6 Å². The van der Waals surface area contributed by atoms with E-state index in [-0.39, 0.29) is 12.8 Å². The molecule has 0 saturated carbocycles. The molecule has 4 atom stereocenters. The van der Waals surface area contributed by atoms with Crippen LogP contribution in [-0.4, -0.2) is 62.2 Å². The minimum absolute atomic E-state index is 0.0573. The number of aromatic amines is 1. The number of nitrogens with one attached hydrogen (secondary N) is 3. The van der Waals surface area contributed by atoms with Crippen molar-refractivity contribution < 1.29 is 24.6 Å². The number of imidazole rings is 1. The highest BCUT2D eigenvalue weighted by atomic mass is 16.4. The van der Waals surface area contributed by atoms with Crippen molar-refractivity contribution in [3.63, 3.8) is 0 Å². The van der Waals surface area contributed by atoms with Crippen molar-refractivity contribution in [3.05, 3.63) is 54.1 Å². The van der Waals surface area contributed by atoms with Crippen LogP contribution in [0.3, 0.4) is 0 Å². The Morgan fingerprint density at radius 3 is 2.38 bits per heavy atom. The van der Waals surface area contributed by atoms with Crippen molar-refractivity contribution in [2.75, 3.05) is 0 Å². The Morgan fingerprint density at radius 2 is 1.83 bits per heavy atom. The monoisotopic (exact) mass is 403 g/mol. The molecule has 29 heavy (non-hydrogen) atoms. The summed E-state index contributed by atoms with van der Waals surface area (Å²) >= 11 is 0. The molecular formula is C19H25N5O5. The van der Waals surface area contributed by atoms with Crippen LogP contribution in [0.5, 0.6) is 0 Å². The molecule has 0 aliphatic heterocycles. The quantitative estimate of drug-likeness (QED) is 0.294. The van der Waals surface area contributed by atoms with E-state index in [1.807, 2.05) is 0 Å². The second-order valence-corrected chi connectivity index (χ2v) is 6.70. The van der Waals surface area contributed by atoms with E-state index in [0.717, 1.165) is 5.56 Å². The van der Waals surface area contributed by atoms with E-state index in [9.17, 15) is 24.6 Å². The number of aliphatic carboxylic acids is 1. The molecule has 0 radical (unpaired) electrons. The highest BCUT2D eigenvalue weighted by Gasteiger charge is 2.31. The van der Waals surface area contributed by atoms with Crippen LogP contribution in [0.4, 0.5) is 0 Å². The van der Waals surface area contributed by atoms with Gasteiger partial charge < -0.3 is 31.6 Å². The van der Waals surface area contributed by atoms with E-state index in [2.05, 4.69) is 20.6 Å². The number of benzene rings is 1. The van der Waals surface area contributed by atoms with Gasteiger partial charge in [0.05, 0.1) is 18.5 Å². The summed E-state index contributed by atoms with van der Waals surface area (Å²) in [7, 11) is 0. The van der Waals surface area contributed by atoms with Crippen LogP contribution in [0.15, 0.2) is 42.9 Å². The Kier molecular flexibility index (Phi) is 7.87. The zero-order valence-corrected chi connectivity index (χ0v) is 15.9. The molecule has 2 amide bonds. The maximum absolute atomic E-state index is 12.6. The molecule has 0 aliphatic carbocycles. The summed E-state index contributed by atoms with van der Waals surface area (Å²) in [6.45, 7) is 1.32. The molecule has 0 bridgehead atoms. The van der Waals surface area contributed by atoms with E-state index in [0.29, 0.717) is 5.69 Å². The number of nitrogens with zero attached hydrogens (tertiary/aromatic N) is 1. The second-order valence-electron chi connectivity index (χ2n) is 6.70. The van der Waals surface area contributed by atoms with Gasteiger partial charge in [0.2, 0.25) is 11.8 Å². The summed E-state index contributed by atoms with van der Waals surface area (Å²) in [6, 6.07) is 5.24. The molecule has 4 unspecified atom stereocenters. The number of aliphatic hydroxyl groups is 1. The molecule has 0 aliphatic rings. The largest absolute Gasteiger partial charge is 0.480 e. The number of carboxylic acid groups (broad SMARTS) is 1. The van der Waals surface area contributed by atoms with E-state index in [1.165, 1.54) is 19.4 Å². The number of aromatic nitrogens is 2. The van der Waals surface area contributed by atoms with Crippen LogP contribution < -0.4 is 16.4 Å². The van der Waals surface area contributed by atoms with Crippen LogP contribution in [0.2, 0.25) is 0 Å². The Balaban J connectivity index is 2.01. The van der Waals surface area contributed by atoms with E-state index in [4.69, 9.17) is 5.73 Å². The lowest BCUT2D eigenvalue weighted by Gasteiger charge is -2.24. The standard InChI is InChI=1S/C19H25N5O5/c1-11(25)16(24-17(26)14(20)8-13-9-21-10-22-13)18(27)23-15(19(28)29)7-12-5-3-2-4-6-12/h2-6,9-11,14-16,25H,7-8,20H2,1H3,(H,21,22)(H,23,27)(H,24,26)(H,28,29). The number of aliphatic hydroxyl groups excluding tert-OH is 1. The predicted octanol–water partition coefficient (Wildman–Crippen LogP) is -1.04. The van der Waals surface area contributed by atoms with Gasteiger partial charge in [-0.15, -0.1) is 0 Å². The number of hydrogen-bond acceptors (Lipinski definition) is 6. The Labute approximate surface area is 167 Å². The van der Waals surface area contributed by atoms with Gasteiger partial charge in [-0.1, -0.05) is 30.3 Å². The molecule has 0 saturated heterocycles. The molecule has 156 valence electrons. The number of rotatable bonds is 10. The average Bonchev–Trinajstić information content (AvgIpc) is 3.18. The lowest BCUT2D eigenvalue weighted by Crippen LogP contribution is -2.58. The Bertz CT molecular complexity index is 810. The van der Waals surface area contributed by atoms with Gasteiger partial charge in [-0.05, 0) is 12.5 Å². The first-order chi connectivity index (χ1) is 13.8. The molecule has 2 aromatic rings. The van der Waals surface area contributed by atoms with Gasteiger partial charge in [0.25, 0.3) is 0 Å². The third-order valence-electron chi connectivity index (χ3n) is 4.29. The fourth-order valence-electron chi connectivity index (χ4n) is 2.70. The summed E-state index contributed by atoms with van der Waals surface area (Å²) in [4.78, 5) is 43.1. The van der Waals surface area contributed by atoms with Gasteiger partial charge in [-0.25, -0.2) is 9.78 Å². The smallest absolute Gasteiger partial charge is 0.326 e. The van der Waals surface area contributed by atoms with Crippen molar-refractivity contribution in [2.45, 2.75) is 44.0 Å². The molecule has 10 nitrogen and oxygen atoms in total. The third kappa shape index (κ3) is 6.70. The SMILES string of the molecule is CC(O)C(NC(=O)C(N)Cc1cnc[nH]1)C(=O)NC(Cc1ccccc1)C(=O)O. The number of hydrogen-bond donors (Lipinski definition) is 6. The zero-order chi connectivity index (χ0) is 21.4. The van der Waals surface area contributed by atoms with Crippen LogP contribution in [0.1, 0.15) is 18.2 Å². The molecule has 1 aromatic heterocycles. The summed E-state index contributed by atoms with van der Waals surface area (Å²) in [5.41, 5.74) is 7.20. The third-order valence-corrected chi connectivity index (χ3v) is 4.29. The first-order valence-corrected chi connectivity index (χ1v) is 9.06. The van der Waals surface area contributed by atoms with Gasteiger partial charge >= 0.3 is 5.97 Å². The van der Waals surface area contributed by atoms with Crippen molar-refractivity contribution in [1.29, 1.82) is 0 Å². The summed E-state index contributed by atoms with van der Waals surface area (Å²) in [5.74, 6) is -2.70. The highest BCUT2D eigenvalue weighted by Crippen LogP contribution is 2.05. The Hall–Kier alpha value is -3.24. The topological polar surface area (TPSA) is 170 Å². The van der Waals surface area contributed by atoms with Gasteiger partial charge in [0, 0.05) is 24.7 Å². The zero-order valence-electron chi connectivity index (χ0n) is 15.9. The normalized spacial score (nSPS) is 15.0. The summed E-state index contributed by atoms with van der Waals surface area (Å²) in [5, 5.41) is 24.1. The van der Waals surface area contributed by atoms with Gasteiger partial charge in [0.15, 0.2) is 0 Å². The fraction of sp³-hybridized carbons (Fsp3) is 0.368. The summed E-state index contributed by atoms with van der Waals surface area (Å²) < 4.78 is 0. The number of carbonyl (C=O) groups is 3. The van der Waals surface area contributed by atoms with Gasteiger partial charge in [0.1, 0.15) is 12.1 Å². The minimum Gasteiger partial charge on any atom is -0.480 e. The maximum atomic E-state index is 12.6. The molecule has 1 aromatic carbocycles. The molecule has 2 rings (SSSR count). The van der Waals surface area contributed by atoms with Gasteiger partial charge in [-0.2, -0.15) is 0 Å². The number of carboxylic acids is 1. The average molecular weight is 403 g/mol. The van der Waals surface area contributed by atoms with Crippen molar-refractivity contribution in [3.8, 4) is 0 Å². The highest BCUT2D eigenvalue weighted by molar-refractivity contribution is 5.92. The molecule has 10 heteroatoms. The number of amides is 2. The van der Waals surface area contributed by atoms with Crippen LogP contribution in [0.25, 0.3) is 0 Å². The molecule has 7 N–H and O–H groups in total. The molecule has 1 heterocycles.